The van der Waals surface area contributed by atoms with Crippen LogP contribution in [-0.2, 0) is 10.2 Å². The van der Waals surface area contributed by atoms with Crippen LogP contribution in [0, 0.1) is 5.41 Å². The molecule has 0 unspecified atom stereocenters. The number of aromatic amines is 1. The molecule has 1 amide bonds. The molecule has 1 aliphatic heterocycles. The molecule has 0 aliphatic carbocycles. The molecule has 7 nitrogen and oxygen atoms in total. The van der Waals surface area contributed by atoms with Crippen LogP contribution in [0.15, 0.2) is 23.5 Å². The first-order valence-corrected chi connectivity index (χ1v) is 8.34. The molecule has 1 aromatic rings. The largest absolute Gasteiger partial charge is 0.481 e. The van der Waals surface area contributed by atoms with Crippen molar-refractivity contribution < 1.29 is 14.7 Å². The lowest BCUT2D eigenvalue weighted by molar-refractivity contribution is -0.151. The predicted octanol–water partition coefficient (Wildman–Crippen LogP) is 1.95. The highest BCUT2D eigenvalue weighted by atomic mass is 16.4. The zero-order valence-electron chi connectivity index (χ0n) is 15.0. The van der Waals surface area contributed by atoms with Crippen LogP contribution >= 0.6 is 0 Å². The van der Waals surface area contributed by atoms with Crippen molar-refractivity contribution in [2.75, 3.05) is 13.1 Å². The number of carboxylic acid groups (broad SMARTS) is 1. The third kappa shape index (κ3) is 3.97. The summed E-state index contributed by atoms with van der Waals surface area (Å²) < 4.78 is 0. The quantitative estimate of drug-likeness (QED) is 0.810. The molecule has 25 heavy (non-hydrogen) atoms. The Morgan fingerprint density at radius 3 is 2.72 bits per heavy atom. The Balaban J connectivity index is 2.34. The van der Waals surface area contributed by atoms with Gasteiger partial charge in [0.25, 0.3) is 5.91 Å². The van der Waals surface area contributed by atoms with E-state index in [0.29, 0.717) is 31.5 Å². The Hall–Kier alpha value is -2.44. The van der Waals surface area contributed by atoms with E-state index in [1.807, 2.05) is 20.8 Å². The minimum Gasteiger partial charge on any atom is -0.481 e. The van der Waals surface area contributed by atoms with Crippen LogP contribution in [0.3, 0.4) is 0 Å². The van der Waals surface area contributed by atoms with E-state index in [2.05, 4.69) is 16.5 Å². The number of H-pyrrole nitrogens is 1. The van der Waals surface area contributed by atoms with Crippen LogP contribution in [0.1, 0.15) is 56.2 Å². The highest BCUT2D eigenvalue weighted by Crippen LogP contribution is 2.34. The van der Waals surface area contributed by atoms with Gasteiger partial charge in [-0.05, 0) is 25.3 Å². The van der Waals surface area contributed by atoms with E-state index in [0.717, 1.165) is 0 Å². The number of aliphatic carboxylic acids is 1. The first-order chi connectivity index (χ1) is 11.6. The number of likely N-dealkylation sites (tertiary alicyclic amines) is 1. The summed E-state index contributed by atoms with van der Waals surface area (Å²) in [6.07, 6.45) is 2.95. The molecule has 1 aliphatic rings. The fourth-order valence-electron chi connectivity index (χ4n) is 3.14. The zero-order chi connectivity index (χ0) is 18.8. The second-order valence-electron chi connectivity index (χ2n) is 7.64. The summed E-state index contributed by atoms with van der Waals surface area (Å²) in [6, 6.07) is 1.58. The maximum atomic E-state index is 12.8. The molecule has 7 heteroatoms. The molecular weight excluding hydrogens is 322 g/mol. The molecule has 136 valence electrons. The van der Waals surface area contributed by atoms with E-state index < -0.39 is 23.0 Å². The fourth-order valence-corrected chi connectivity index (χ4v) is 3.14. The second-order valence-corrected chi connectivity index (χ2v) is 7.64. The first-order valence-electron chi connectivity index (χ1n) is 8.34. The topological polar surface area (TPSA) is 103 Å². The van der Waals surface area contributed by atoms with E-state index in [1.165, 1.54) is 4.90 Å². The van der Waals surface area contributed by atoms with Crippen LogP contribution in [0.5, 0.6) is 0 Å². The van der Waals surface area contributed by atoms with Gasteiger partial charge in [0.2, 0.25) is 0 Å². The van der Waals surface area contributed by atoms with Crippen molar-refractivity contribution in [3.8, 4) is 0 Å². The predicted molar refractivity (Wildman–Crippen MR) is 93.6 cm³/mol. The molecule has 1 fully saturated rings. The number of carbonyl (C=O) groups is 2. The lowest BCUT2D eigenvalue weighted by atomic mass is 9.77. The molecule has 2 rings (SSSR count). The van der Waals surface area contributed by atoms with Crippen molar-refractivity contribution in [3.05, 3.63) is 40.6 Å². The summed E-state index contributed by atoms with van der Waals surface area (Å²) >= 11 is 0. The number of allylic oxidation sites excluding steroid dienone is 1. The molecular formula is C18H25N3O4. The van der Waals surface area contributed by atoms with Gasteiger partial charge < -0.3 is 15.0 Å². The van der Waals surface area contributed by atoms with Crippen molar-refractivity contribution >= 4 is 11.9 Å². The molecule has 0 bridgehead atoms. The van der Waals surface area contributed by atoms with Gasteiger partial charge in [0.15, 0.2) is 0 Å². The molecule has 1 saturated heterocycles. The molecule has 2 N–H and O–H groups in total. The van der Waals surface area contributed by atoms with Crippen molar-refractivity contribution in [1.29, 1.82) is 0 Å². The molecule has 0 aromatic carbocycles. The smallest absolute Gasteiger partial charge is 0.345 e. The van der Waals surface area contributed by atoms with Crippen LogP contribution in [-0.4, -0.2) is 44.9 Å². The third-order valence-electron chi connectivity index (χ3n) is 4.62. The number of carboxylic acids is 1. The van der Waals surface area contributed by atoms with E-state index in [1.54, 1.807) is 12.1 Å². The van der Waals surface area contributed by atoms with Gasteiger partial charge in [-0.2, -0.15) is 4.98 Å². The van der Waals surface area contributed by atoms with Gasteiger partial charge in [0.1, 0.15) is 5.69 Å². The summed E-state index contributed by atoms with van der Waals surface area (Å²) in [5.41, 5.74) is -1.28. The second kappa shape index (κ2) is 6.82. The van der Waals surface area contributed by atoms with Crippen LogP contribution in [0.2, 0.25) is 0 Å². The van der Waals surface area contributed by atoms with E-state index in [9.17, 15) is 19.5 Å². The molecule has 1 atom stereocenters. The summed E-state index contributed by atoms with van der Waals surface area (Å²) in [5.74, 6) is -1.34. The molecule has 0 spiro atoms. The van der Waals surface area contributed by atoms with Crippen LogP contribution < -0.4 is 5.69 Å². The Kier molecular flexibility index (Phi) is 5.15. The SMILES string of the molecule is C=CC[C@]1(C(=O)O)CCCN(C(=O)c2cc(C(C)(C)C)[nH]c(=O)n2)C1. The van der Waals surface area contributed by atoms with Gasteiger partial charge in [-0.1, -0.05) is 26.8 Å². The standard InChI is InChI=1S/C18H25N3O4/c1-5-7-18(15(23)24)8-6-9-21(11-18)14(22)12-10-13(17(2,3)4)20-16(25)19-12/h5,10H,1,6-9,11H2,2-4H3,(H,23,24)(H,19,20,25)/t18-/m0/s1. The normalized spacial score (nSPS) is 21.0. The average molecular weight is 347 g/mol. The summed E-state index contributed by atoms with van der Waals surface area (Å²) in [4.78, 5) is 44.4. The van der Waals surface area contributed by atoms with Crippen LogP contribution in [0.25, 0.3) is 0 Å². The fraction of sp³-hybridized carbons (Fsp3) is 0.556. The van der Waals surface area contributed by atoms with Crippen molar-refractivity contribution in [2.45, 2.75) is 45.4 Å². The van der Waals surface area contributed by atoms with E-state index >= 15 is 0 Å². The van der Waals surface area contributed by atoms with E-state index in [-0.39, 0.29) is 17.7 Å². The minimum absolute atomic E-state index is 0.0495. The summed E-state index contributed by atoms with van der Waals surface area (Å²) in [7, 11) is 0. The van der Waals surface area contributed by atoms with Crippen molar-refractivity contribution in [3.63, 3.8) is 0 Å². The summed E-state index contributed by atoms with van der Waals surface area (Å²) in [6.45, 7) is 9.95. The van der Waals surface area contributed by atoms with Gasteiger partial charge in [-0.25, -0.2) is 4.79 Å². The Bertz CT molecular complexity index is 747. The number of rotatable bonds is 4. The van der Waals surface area contributed by atoms with Gasteiger partial charge in [-0.15, -0.1) is 6.58 Å². The van der Waals surface area contributed by atoms with E-state index in [4.69, 9.17) is 0 Å². The Morgan fingerprint density at radius 1 is 1.48 bits per heavy atom. The number of aromatic nitrogens is 2. The van der Waals surface area contributed by atoms with Gasteiger partial charge in [0.05, 0.1) is 5.41 Å². The highest BCUT2D eigenvalue weighted by Gasteiger charge is 2.43. The molecule has 0 radical (unpaired) electrons. The maximum Gasteiger partial charge on any atom is 0.345 e. The number of piperidine rings is 1. The zero-order valence-corrected chi connectivity index (χ0v) is 15.0. The number of nitrogens with one attached hydrogen (secondary N) is 1. The Morgan fingerprint density at radius 2 is 2.16 bits per heavy atom. The Labute approximate surface area is 146 Å². The molecule has 0 saturated carbocycles. The molecule has 2 heterocycles. The van der Waals surface area contributed by atoms with Crippen molar-refractivity contribution in [2.24, 2.45) is 5.41 Å². The monoisotopic (exact) mass is 347 g/mol. The van der Waals surface area contributed by atoms with Crippen molar-refractivity contribution in [1.82, 2.24) is 14.9 Å². The number of hydrogen-bond acceptors (Lipinski definition) is 4. The first kappa shape index (κ1) is 18.9. The summed E-state index contributed by atoms with van der Waals surface area (Å²) in [5, 5.41) is 9.63. The number of hydrogen-bond donors (Lipinski definition) is 2. The van der Waals surface area contributed by atoms with Crippen LogP contribution in [0.4, 0.5) is 0 Å². The third-order valence-corrected chi connectivity index (χ3v) is 4.62. The van der Waals surface area contributed by atoms with Gasteiger partial charge >= 0.3 is 11.7 Å². The van der Waals surface area contributed by atoms with Gasteiger partial charge in [-0.3, -0.25) is 9.59 Å². The number of carbonyl (C=O) groups excluding carboxylic acids is 1. The lowest BCUT2D eigenvalue weighted by Crippen LogP contribution is -2.50. The highest BCUT2D eigenvalue weighted by molar-refractivity contribution is 5.93. The average Bonchev–Trinajstić information content (AvgIpc) is 2.53. The number of nitrogens with zero attached hydrogens (tertiary/aromatic N) is 2. The molecule has 1 aromatic heterocycles. The lowest BCUT2D eigenvalue weighted by Gasteiger charge is -2.39. The minimum atomic E-state index is -1.02. The maximum absolute atomic E-state index is 12.8. The number of amides is 1. The van der Waals surface area contributed by atoms with Gasteiger partial charge in [0, 0.05) is 24.2 Å².